The van der Waals surface area contributed by atoms with Crippen LogP contribution in [0.3, 0.4) is 0 Å². The maximum absolute atomic E-state index is 12.1. The van der Waals surface area contributed by atoms with Crippen molar-refractivity contribution in [3.05, 3.63) is 52.4 Å². The minimum atomic E-state index is -0.0637. The molecule has 20 heavy (non-hydrogen) atoms. The monoisotopic (exact) mass is 270 g/mol. The van der Waals surface area contributed by atoms with Crippen molar-refractivity contribution in [1.82, 2.24) is 9.78 Å². The summed E-state index contributed by atoms with van der Waals surface area (Å²) in [6.45, 7) is 2.51. The topological polar surface area (TPSA) is 64.2 Å². The van der Waals surface area contributed by atoms with E-state index in [1.165, 1.54) is 17.5 Å². The summed E-state index contributed by atoms with van der Waals surface area (Å²) in [6, 6.07) is 9.17. The van der Waals surface area contributed by atoms with Gasteiger partial charge in [-0.1, -0.05) is 12.1 Å². The summed E-state index contributed by atoms with van der Waals surface area (Å²) in [6.07, 6.45) is 4.16. The zero-order valence-corrected chi connectivity index (χ0v) is 11.3. The van der Waals surface area contributed by atoms with E-state index in [1.807, 2.05) is 24.3 Å². The Morgan fingerprint density at radius 2 is 1.85 bits per heavy atom. The summed E-state index contributed by atoms with van der Waals surface area (Å²) < 4.78 is 1.48. The Hall–Kier alpha value is -2.30. The molecule has 2 N–H and O–H groups in total. The highest BCUT2D eigenvalue weighted by atomic mass is 16.1. The zero-order valence-electron chi connectivity index (χ0n) is 11.3. The zero-order chi connectivity index (χ0) is 13.9. The fourth-order valence-corrected chi connectivity index (χ4v) is 2.49. The highest BCUT2D eigenvalue weighted by molar-refractivity contribution is 5.43. The first-order valence-electron chi connectivity index (χ1n) is 6.89. The summed E-state index contributed by atoms with van der Waals surface area (Å²) in [7, 11) is 0. The molecular formula is C15H18N4O. The third-order valence-electron chi connectivity index (χ3n) is 3.64. The number of aromatic nitrogens is 2. The van der Waals surface area contributed by atoms with Crippen LogP contribution in [0.1, 0.15) is 18.4 Å². The number of nitrogen functional groups attached to an aromatic ring is 1. The van der Waals surface area contributed by atoms with Gasteiger partial charge in [-0.05, 0) is 30.5 Å². The predicted octanol–water partition coefficient (Wildman–Crippen LogP) is 1.47. The van der Waals surface area contributed by atoms with Crippen molar-refractivity contribution >= 4 is 11.4 Å². The van der Waals surface area contributed by atoms with Crippen LogP contribution < -0.4 is 16.2 Å². The Kier molecular flexibility index (Phi) is 3.41. The van der Waals surface area contributed by atoms with Gasteiger partial charge < -0.3 is 10.6 Å². The van der Waals surface area contributed by atoms with Crippen molar-refractivity contribution < 1.29 is 0 Å². The highest BCUT2D eigenvalue weighted by Crippen LogP contribution is 2.17. The van der Waals surface area contributed by atoms with E-state index in [0.717, 1.165) is 30.0 Å². The summed E-state index contributed by atoms with van der Waals surface area (Å²) in [5.41, 5.74) is 8.26. The molecule has 0 aliphatic carbocycles. The molecule has 0 bridgehead atoms. The molecule has 5 heteroatoms. The molecule has 0 saturated carbocycles. The third kappa shape index (κ3) is 2.66. The lowest BCUT2D eigenvalue weighted by Gasteiger charge is -2.17. The lowest BCUT2D eigenvalue weighted by atomic mass is 10.2. The second-order valence-corrected chi connectivity index (χ2v) is 5.15. The van der Waals surface area contributed by atoms with E-state index in [1.54, 1.807) is 12.3 Å². The molecule has 1 saturated heterocycles. The SMILES string of the molecule is Nc1ccc(Cn2ncc(N3CCCC3)cc2=O)cc1. The van der Waals surface area contributed by atoms with Crippen molar-refractivity contribution in [2.24, 2.45) is 0 Å². The van der Waals surface area contributed by atoms with Crippen LogP contribution in [-0.4, -0.2) is 22.9 Å². The van der Waals surface area contributed by atoms with Gasteiger partial charge in [-0.2, -0.15) is 5.10 Å². The summed E-state index contributed by atoms with van der Waals surface area (Å²) >= 11 is 0. The van der Waals surface area contributed by atoms with E-state index in [2.05, 4.69) is 10.00 Å². The van der Waals surface area contributed by atoms with E-state index in [0.29, 0.717) is 6.54 Å². The number of anilines is 2. The molecule has 5 nitrogen and oxygen atoms in total. The lowest BCUT2D eigenvalue weighted by molar-refractivity contribution is 0.637. The molecule has 1 aromatic heterocycles. The molecule has 0 unspecified atom stereocenters. The highest BCUT2D eigenvalue weighted by Gasteiger charge is 2.13. The average molecular weight is 270 g/mol. The maximum Gasteiger partial charge on any atom is 0.269 e. The Morgan fingerprint density at radius 3 is 2.50 bits per heavy atom. The molecule has 0 radical (unpaired) electrons. The molecule has 0 spiro atoms. The van der Waals surface area contributed by atoms with Gasteiger partial charge in [-0.3, -0.25) is 4.79 Å². The number of rotatable bonds is 3. The minimum absolute atomic E-state index is 0.0637. The van der Waals surface area contributed by atoms with E-state index < -0.39 is 0 Å². The number of nitrogens with zero attached hydrogens (tertiary/aromatic N) is 3. The van der Waals surface area contributed by atoms with E-state index in [4.69, 9.17) is 5.73 Å². The number of nitrogens with two attached hydrogens (primary N) is 1. The fourth-order valence-electron chi connectivity index (χ4n) is 2.49. The van der Waals surface area contributed by atoms with Crippen LogP contribution in [0.15, 0.2) is 41.3 Å². The lowest BCUT2D eigenvalue weighted by Crippen LogP contribution is -2.26. The molecule has 2 aromatic rings. The molecule has 2 heterocycles. The van der Waals surface area contributed by atoms with Crippen LogP contribution >= 0.6 is 0 Å². The number of benzene rings is 1. The van der Waals surface area contributed by atoms with Gasteiger partial charge in [-0.15, -0.1) is 0 Å². The van der Waals surface area contributed by atoms with Crippen molar-refractivity contribution in [1.29, 1.82) is 0 Å². The summed E-state index contributed by atoms with van der Waals surface area (Å²) in [5.74, 6) is 0. The molecule has 1 aliphatic heterocycles. The molecule has 3 rings (SSSR count). The minimum Gasteiger partial charge on any atom is -0.399 e. The Labute approximate surface area is 117 Å². The molecule has 104 valence electrons. The Morgan fingerprint density at radius 1 is 1.15 bits per heavy atom. The fraction of sp³-hybridized carbons (Fsp3) is 0.333. The van der Waals surface area contributed by atoms with Gasteiger partial charge >= 0.3 is 0 Å². The average Bonchev–Trinajstić information content (AvgIpc) is 2.97. The number of hydrogen-bond acceptors (Lipinski definition) is 4. The van der Waals surface area contributed by atoms with Crippen LogP contribution in [0.5, 0.6) is 0 Å². The normalized spacial score (nSPS) is 14.7. The van der Waals surface area contributed by atoms with Gasteiger partial charge in [0.05, 0.1) is 18.4 Å². The van der Waals surface area contributed by atoms with Gasteiger partial charge in [0.15, 0.2) is 0 Å². The van der Waals surface area contributed by atoms with Crippen LogP contribution in [0, 0.1) is 0 Å². The third-order valence-corrected chi connectivity index (χ3v) is 3.64. The van der Waals surface area contributed by atoms with Crippen LogP contribution in [0.2, 0.25) is 0 Å². The van der Waals surface area contributed by atoms with Gasteiger partial charge in [0.25, 0.3) is 5.56 Å². The Bertz CT molecular complexity index is 642. The van der Waals surface area contributed by atoms with Gasteiger partial charge in [0, 0.05) is 24.8 Å². The molecule has 0 atom stereocenters. The Balaban J connectivity index is 1.80. The number of hydrogen-bond donors (Lipinski definition) is 1. The second-order valence-electron chi connectivity index (χ2n) is 5.15. The molecular weight excluding hydrogens is 252 g/mol. The van der Waals surface area contributed by atoms with Crippen LogP contribution in [0.25, 0.3) is 0 Å². The van der Waals surface area contributed by atoms with Crippen molar-refractivity contribution in [3.8, 4) is 0 Å². The van der Waals surface area contributed by atoms with Crippen LogP contribution in [0.4, 0.5) is 11.4 Å². The molecule has 1 aromatic carbocycles. The summed E-state index contributed by atoms with van der Waals surface area (Å²) in [5, 5.41) is 4.27. The second kappa shape index (κ2) is 5.36. The first-order chi connectivity index (χ1) is 9.72. The molecule has 1 aliphatic rings. The smallest absolute Gasteiger partial charge is 0.269 e. The first kappa shape index (κ1) is 12.7. The van der Waals surface area contributed by atoms with Crippen molar-refractivity contribution in [2.45, 2.75) is 19.4 Å². The van der Waals surface area contributed by atoms with Gasteiger partial charge in [0.1, 0.15) is 0 Å². The van der Waals surface area contributed by atoms with Gasteiger partial charge in [0.2, 0.25) is 0 Å². The molecule has 0 amide bonds. The standard InChI is InChI=1S/C15H18N4O/c16-13-5-3-12(4-6-13)11-19-15(20)9-14(10-17-19)18-7-1-2-8-18/h3-6,9-10H,1-2,7-8,11,16H2. The first-order valence-corrected chi connectivity index (χ1v) is 6.89. The summed E-state index contributed by atoms with van der Waals surface area (Å²) in [4.78, 5) is 14.3. The molecule has 1 fully saturated rings. The van der Waals surface area contributed by atoms with Crippen molar-refractivity contribution in [2.75, 3.05) is 23.7 Å². The quantitative estimate of drug-likeness (QED) is 0.858. The van der Waals surface area contributed by atoms with E-state index in [-0.39, 0.29) is 5.56 Å². The van der Waals surface area contributed by atoms with Crippen molar-refractivity contribution in [3.63, 3.8) is 0 Å². The van der Waals surface area contributed by atoms with E-state index >= 15 is 0 Å². The van der Waals surface area contributed by atoms with Gasteiger partial charge in [-0.25, -0.2) is 4.68 Å². The van der Waals surface area contributed by atoms with E-state index in [9.17, 15) is 4.79 Å². The predicted molar refractivity (Wildman–Crippen MR) is 79.9 cm³/mol. The van der Waals surface area contributed by atoms with Crippen LogP contribution in [-0.2, 0) is 6.54 Å². The maximum atomic E-state index is 12.1. The largest absolute Gasteiger partial charge is 0.399 e.